The average molecular weight is 480 g/mol. The summed E-state index contributed by atoms with van der Waals surface area (Å²) in [6.07, 6.45) is 2.92. The summed E-state index contributed by atoms with van der Waals surface area (Å²) in [5.74, 6) is 0.609. The lowest BCUT2D eigenvalue weighted by Crippen LogP contribution is -2.45. The van der Waals surface area contributed by atoms with E-state index in [0.717, 1.165) is 54.4 Å². The summed E-state index contributed by atoms with van der Waals surface area (Å²) < 4.78 is 12.1. The van der Waals surface area contributed by atoms with Crippen molar-refractivity contribution >= 4 is 30.0 Å². The Morgan fingerprint density at radius 2 is 2.00 bits per heavy atom. The van der Waals surface area contributed by atoms with Crippen molar-refractivity contribution in [3.8, 4) is 11.5 Å². The molecule has 2 aromatic carbocycles. The molecule has 1 spiro atoms. The van der Waals surface area contributed by atoms with Crippen LogP contribution < -0.4 is 9.47 Å². The van der Waals surface area contributed by atoms with Crippen LogP contribution in [-0.4, -0.2) is 42.2 Å². The van der Waals surface area contributed by atoms with Gasteiger partial charge in [0.1, 0.15) is 18.1 Å². The number of piperidine rings is 1. The third-order valence-electron chi connectivity index (χ3n) is 6.71. The number of fused-ring (bicyclic) bond motifs is 2. The van der Waals surface area contributed by atoms with Gasteiger partial charge in [-0.2, -0.15) is 0 Å². The summed E-state index contributed by atoms with van der Waals surface area (Å²) in [4.78, 5) is 13.4. The monoisotopic (exact) mass is 479 g/mol. The van der Waals surface area contributed by atoms with E-state index in [1.807, 2.05) is 24.3 Å². The van der Waals surface area contributed by atoms with E-state index >= 15 is 0 Å². The fourth-order valence-electron chi connectivity index (χ4n) is 4.61. The highest BCUT2D eigenvalue weighted by molar-refractivity contribution is 6.31. The number of hydrogen-bond donors (Lipinski definition) is 1. The zero-order chi connectivity index (χ0) is 22.0. The van der Waals surface area contributed by atoms with Crippen LogP contribution >= 0.6 is 24.0 Å². The Morgan fingerprint density at radius 3 is 2.69 bits per heavy atom. The van der Waals surface area contributed by atoms with Crippen molar-refractivity contribution in [3.63, 3.8) is 0 Å². The molecule has 2 aliphatic rings. The van der Waals surface area contributed by atoms with Crippen LogP contribution in [0.2, 0.25) is 5.02 Å². The van der Waals surface area contributed by atoms with Gasteiger partial charge in [-0.15, -0.1) is 12.4 Å². The van der Waals surface area contributed by atoms with Gasteiger partial charge in [0, 0.05) is 34.2 Å². The Morgan fingerprint density at radius 1 is 1.25 bits per heavy atom. The number of benzene rings is 2. The molecule has 1 N–H and O–H groups in total. The minimum atomic E-state index is -0.731. The van der Waals surface area contributed by atoms with E-state index in [2.05, 4.69) is 24.0 Å². The van der Waals surface area contributed by atoms with Gasteiger partial charge in [0.25, 0.3) is 0 Å². The number of carboxylic acids is 1. The first kappa shape index (κ1) is 24.7. The Bertz CT molecular complexity index is 957. The molecule has 0 amide bonds. The molecule has 2 aromatic rings. The van der Waals surface area contributed by atoms with E-state index in [9.17, 15) is 4.79 Å². The van der Waals surface area contributed by atoms with Crippen LogP contribution in [0.15, 0.2) is 36.4 Å². The normalized spacial score (nSPS) is 17.8. The molecule has 2 heterocycles. The molecule has 1 atom stereocenters. The van der Waals surface area contributed by atoms with Gasteiger partial charge in [-0.05, 0) is 50.0 Å². The van der Waals surface area contributed by atoms with Gasteiger partial charge in [0.2, 0.25) is 0 Å². The van der Waals surface area contributed by atoms with E-state index in [-0.39, 0.29) is 23.7 Å². The maximum Gasteiger partial charge on any atom is 0.307 e. The number of likely N-dealkylation sites (tertiary alicyclic amines) is 1. The Labute approximate surface area is 201 Å². The molecule has 2 aliphatic heterocycles. The molecule has 174 valence electrons. The molecule has 0 bridgehead atoms. The third kappa shape index (κ3) is 5.16. The molecule has 1 saturated heterocycles. The van der Waals surface area contributed by atoms with Gasteiger partial charge in [-0.3, -0.25) is 4.79 Å². The van der Waals surface area contributed by atoms with Crippen LogP contribution in [-0.2, 0) is 23.2 Å². The van der Waals surface area contributed by atoms with Gasteiger partial charge < -0.3 is 19.5 Å². The van der Waals surface area contributed by atoms with Crippen molar-refractivity contribution < 1.29 is 19.4 Å². The van der Waals surface area contributed by atoms with E-state index in [0.29, 0.717) is 19.8 Å². The molecular weight excluding hydrogens is 449 g/mol. The molecule has 5 nitrogen and oxygen atoms in total. The molecule has 0 saturated carbocycles. The van der Waals surface area contributed by atoms with E-state index in [1.54, 1.807) is 6.92 Å². The van der Waals surface area contributed by atoms with E-state index in [1.165, 1.54) is 11.1 Å². The lowest BCUT2D eigenvalue weighted by Gasteiger charge is -2.39. The quantitative estimate of drug-likeness (QED) is 0.579. The lowest BCUT2D eigenvalue weighted by atomic mass is 9.74. The summed E-state index contributed by atoms with van der Waals surface area (Å²) in [6.45, 7) is 7.39. The first-order valence-corrected chi connectivity index (χ1v) is 11.4. The molecule has 0 radical (unpaired) electrons. The number of rotatable bonds is 7. The molecule has 32 heavy (non-hydrogen) atoms. The summed E-state index contributed by atoms with van der Waals surface area (Å²) >= 11 is 6.33. The van der Waals surface area contributed by atoms with Gasteiger partial charge in [-0.1, -0.05) is 43.6 Å². The summed E-state index contributed by atoms with van der Waals surface area (Å²) in [6, 6.07) is 12.2. The maximum absolute atomic E-state index is 11.1. The first-order chi connectivity index (χ1) is 14.9. The number of ether oxygens (including phenoxy) is 2. The third-order valence-corrected chi connectivity index (χ3v) is 7.08. The zero-order valence-corrected chi connectivity index (χ0v) is 20.2. The summed E-state index contributed by atoms with van der Waals surface area (Å²) in [7, 11) is 0. The Hall–Kier alpha value is -1.95. The van der Waals surface area contributed by atoms with E-state index in [4.69, 9.17) is 26.2 Å². The van der Waals surface area contributed by atoms with Crippen molar-refractivity contribution in [3.05, 3.63) is 58.1 Å². The lowest BCUT2D eigenvalue weighted by molar-refractivity contribution is -0.141. The topological polar surface area (TPSA) is 59.0 Å². The van der Waals surface area contributed by atoms with E-state index < -0.39 is 5.97 Å². The molecule has 0 aromatic heterocycles. The zero-order valence-electron chi connectivity index (χ0n) is 18.6. The molecule has 1 unspecified atom stereocenters. The minimum absolute atomic E-state index is 0. The molecule has 1 fully saturated rings. The SMILES string of the molecule is CCc1ccc(Cl)c(COc2ccc3c(c2)OCC32CCN(CC(C)C(=O)O)CC2)c1.Cl. The molecule has 0 aliphatic carbocycles. The smallest absolute Gasteiger partial charge is 0.307 e. The Kier molecular flexibility index (Phi) is 7.97. The molecular formula is C25H31Cl2NO4. The molecule has 7 heteroatoms. The first-order valence-electron chi connectivity index (χ1n) is 11.0. The van der Waals surface area contributed by atoms with Crippen molar-refractivity contribution in [1.29, 1.82) is 0 Å². The standard InChI is InChI=1S/C25H30ClNO4.ClH/c1-3-18-4-7-22(26)19(12-18)15-30-20-5-6-21-23(13-20)31-16-25(21)8-10-27(11-9-25)14-17(2)24(28)29;/h4-7,12-13,17H,3,8-11,14-16H2,1-2H3,(H,28,29);1H. The minimum Gasteiger partial charge on any atom is -0.492 e. The second-order valence-corrected chi connectivity index (χ2v) is 9.24. The number of halogens is 2. The van der Waals surface area contributed by atoms with Crippen molar-refractivity contribution in [2.45, 2.75) is 45.1 Å². The number of hydrogen-bond acceptors (Lipinski definition) is 4. The predicted molar refractivity (Wildman–Crippen MR) is 128 cm³/mol. The molecule has 4 rings (SSSR count). The average Bonchev–Trinajstić information content (AvgIpc) is 3.12. The highest BCUT2D eigenvalue weighted by Crippen LogP contribution is 2.46. The number of carbonyl (C=O) groups is 1. The number of aryl methyl sites for hydroxylation is 1. The number of nitrogens with zero attached hydrogens (tertiary/aromatic N) is 1. The fourth-order valence-corrected chi connectivity index (χ4v) is 4.78. The van der Waals surface area contributed by atoms with Crippen LogP contribution in [0.3, 0.4) is 0 Å². The van der Waals surface area contributed by atoms with Crippen molar-refractivity contribution in [1.82, 2.24) is 4.90 Å². The largest absolute Gasteiger partial charge is 0.492 e. The van der Waals surface area contributed by atoms with Crippen LogP contribution in [0, 0.1) is 5.92 Å². The van der Waals surface area contributed by atoms with Crippen LogP contribution in [0.1, 0.15) is 43.4 Å². The predicted octanol–water partition coefficient (Wildman–Crippen LogP) is 5.35. The Balaban J connectivity index is 0.00000289. The highest BCUT2D eigenvalue weighted by atomic mass is 35.5. The van der Waals surface area contributed by atoms with Crippen molar-refractivity contribution in [2.24, 2.45) is 5.92 Å². The maximum atomic E-state index is 11.1. The second-order valence-electron chi connectivity index (χ2n) is 8.83. The van der Waals surface area contributed by atoms with Crippen LogP contribution in [0.4, 0.5) is 0 Å². The summed E-state index contributed by atoms with van der Waals surface area (Å²) in [5.41, 5.74) is 3.50. The van der Waals surface area contributed by atoms with Crippen LogP contribution in [0.25, 0.3) is 0 Å². The van der Waals surface area contributed by atoms with Crippen molar-refractivity contribution in [2.75, 3.05) is 26.2 Å². The number of aliphatic carboxylic acids is 1. The van der Waals surface area contributed by atoms with Gasteiger partial charge in [0.05, 0.1) is 12.5 Å². The van der Waals surface area contributed by atoms with Gasteiger partial charge >= 0.3 is 5.97 Å². The van der Waals surface area contributed by atoms with Gasteiger partial charge in [-0.25, -0.2) is 0 Å². The van der Waals surface area contributed by atoms with Gasteiger partial charge in [0.15, 0.2) is 0 Å². The van der Waals surface area contributed by atoms with Crippen LogP contribution in [0.5, 0.6) is 11.5 Å². The summed E-state index contributed by atoms with van der Waals surface area (Å²) in [5, 5.41) is 9.89. The second kappa shape index (κ2) is 10.3. The highest BCUT2D eigenvalue weighted by Gasteiger charge is 2.43. The number of carboxylic acid groups (broad SMARTS) is 1. The fraction of sp³-hybridized carbons (Fsp3) is 0.480.